The smallest absolute Gasteiger partial charge is 0.261 e. The van der Waals surface area contributed by atoms with Crippen LogP contribution < -0.4 is 5.56 Å². The van der Waals surface area contributed by atoms with Gasteiger partial charge in [-0.25, -0.2) is 9.37 Å². The third-order valence-corrected chi connectivity index (χ3v) is 3.69. The van der Waals surface area contributed by atoms with Gasteiger partial charge < -0.3 is 0 Å². The molecule has 0 aliphatic carbocycles. The van der Waals surface area contributed by atoms with E-state index in [0.29, 0.717) is 11.8 Å². The molecule has 2 heterocycles. The van der Waals surface area contributed by atoms with Crippen LogP contribution in [-0.4, -0.2) is 14.5 Å². The van der Waals surface area contributed by atoms with Gasteiger partial charge >= 0.3 is 0 Å². The number of aryl methyl sites for hydroxylation is 1. The van der Waals surface area contributed by atoms with Gasteiger partial charge in [0.25, 0.3) is 5.56 Å². The summed E-state index contributed by atoms with van der Waals surface area (Å²) in [6.07, 6.45) is 2.03. The molecule has 1 atom stereocenters. The maximum Gasteiger partial charge on any atom is 0.261 e. The summed E-state index contributed by atoms with van der Waals surface area (Å²) in [5.41, 5.74) is 1.74. The number of pyridine rings is 1. The van der Waals surface area contributed by atoms with E-state index in [9.17, 15) is 9.18 Å². The van der Waals surface area contributed by atoms with Gasteiger partial charge in [-0.1, -0.05) is 12.1 Å². The number of fused-ring (bicyclic) bond motifs is 1. The SMILES string of the molecule is Cc1cccc(CC(C)n2cnc3c(F)cccc3c2=O)n1. The van der Waals surface area contributed by atoms with Crippen LogP contribution in [0.3, 0.4) is 0 Å². The fourth-order valence-electron chi connectivity index (χ4n) is 2.56. The van der Waals surface area contributed by atoms with Crippen molar-refractivity contribution in [1.29, 1.82) is 0 Å². The van der Waals surface area contributed by atoms with Gasteiger partial charge in [0.15, 0.2) is 0 Å². The first-order valence-electron chi connectivity index (χ1n) is 7.14. The maximum atomic E-state index is 13.7. The molecule has 4 nitrogen and oxygen atoms in total. The van der Waals surface area contributed by atoms with Crippen molar-refractivity contribution in [2.24, 2.45) is 0 Å². The van der Waals surface area contributed by atoms with Crippen molar-refractivity contribution in [3.05, 3.63) is 70.3 Å². The molecule has 1 unspecified atom stereocenters. The Labute approximate surface area is 127 Å². The first kappa shape index (κ1) is 14.4. The number of benzene rings is 1. The van der Waals surface area contributed by atoms with Gasteiger partial charge in [0, 0.05) is 23.9 Å². The zero-order valence-corrected chi connectivity index (χ0v) is 12.5. The van der Waals surface area contributed by atoms with Crippen molar-refractivity contribution < 1.29 is 4.39 Å². The van der Waals surface area contributed by atoms with Gasteiger partial charge in [-0.3, -0.25) is 14.3 Å². The van der Waals surface area contributed by atoms with E-state index in [-0.39, 0.29) is 17.1 Å². The Morgan fingerprint density at radius 2 is 2.00 bits per heavy atom. The monoisotopic (exact) mass is 297 g/mol. The van der Waals surface area contributed by atoms with E-state index in [4.69, 9.17) is 0 Å². The lowest BCUT2D eigenvalue weighted by molar-refractivity contribution is 0.516. The van der Waals surface area contributed by atoms with Crippen LogP contribution in [0.1, 0.15) is 24.4 Å². The van der Waals surface area contributed by atoms with Gasteiger partial charge in [0.1, 0.15) is 11.3 Å². The molecule has 0 N–H and O–H groups in total. The van der Waals surface area contributed by atoms with Crippen LogP contribution in [0.2, 0.25) is 0 Å². The summed E-state index contributed by atoms with van der Waals surface area (Å²) in [4.78, 5) is 21.1. The number of hydrogen-bond acceptors (Lipinski definition) is 3. The predicted molar refractivity (Wildman–Crippen MR) is 83.4 cm³/mol. The maximum absolute atomic E-state index is 13.7. The molecule has 0 fully saturated rings. The third-order valence-electron chi connectivity index (χ3n) is 3.69. The Balaban J connectivity index is 1.99. The van der Waals surface area contributed by atoms with Crippen LogP contribution in [-0.2, 0) is 6.42 Å². The molecule has 2 aromatic heterocycles. The Bertz CT molecular complexity index is 888. The van der Waals surface area contributed by atoms with Crippen molar-refractivity contribution >= 4 is 10.9 Å². The average Bonchev–Trinajstić information content (AvgIpc) is 2.48. The van der Waals surface area contributed by atoms with Crippen molar-refractivity contribution in [1.82, 2.24) is 14.5 Å². The molecule has 0 bridgehead atoms. The van der Waals surface area contributed by atoms with E-state index in [1.54, 1.807) is 6.07 Å². The topological polar surface area (TPSA) is 47.8 Å². The van der Waals surface area contributed by atoms with Crippen LogP contribution >= 0.6 is 0 Å². The van der Waals surface area contributed by atoms with Gasteiger partial charge in [0.05, 0.1) is 11.7 Å². The molecule has 0 aliphatic heterocycles. The van der Waals surface area contributed by atoms with Crippen molar-refractivity contribution in [2.75, 3.05) is 0 Å². The highest BCUT2D eigenvalue weighted by Gasteiger charge is 2.13. The highest BCUT2D eigenvalue weighted by Crippen LogP contribution is 2.14. The van der Waals surface area contributed by atoms with Gasteiger partial charge in [0.2, 0.25) is 0 Å². The molecular weight excluding hydrogens is 281 g/mol. The summed E-state index contributed by atoms with van der Waals surface area (Å²) < 4.78 is 15.2. The van der Waals surface area contributed by atoms with Gasteiger partial charge in [-0.15, -0.1) is 0 Å². The first-order chi connectivity index (χ1) is 10.6. The average molecular weight is 297 g/mol. The lowest BCUT2D eigenvalue weighted by Crippen LogP contribution is -2.25. The van der Waals surface area contributed by atoms with E-state index < -0.39 is 5.82 Å². The van der Waals surface area contributed by atoms with Crippen molar-refractivity contribution in [3.63, 3.8) is 0 Å². The molecule has 0 amide bonds. The zero-order chi connectivity index (χ0) is 15.7. The fourth-order valence-corrected chi connectivity index (χ4v) is 2.56. The standard InChI is InChI=1S/C17H16FN3O/c1-11-5-3-6-13(20-11)9-12(2)21-10-19-16-14(17(21)22)7-4-8-15(16)18/h3-8,10,12H,9H2,1-2H3. The van der Waals surface area contributed by atoms with Crippen molar-refractivity contribution in [2.45, 2.75) is 26.3 Å². The molecule has 0 aliphatic rings. The van der Waals surface area contributed by atoms with Crippen LogP contribution in [0.15, 0.2) is 47.5 Å². The van der Waals surface area contributed by atoms with E-state index in [1.165, 1.54) is 23.0 Å². The van der Waals surface area contributed by atoms with Crippen LogP contribution in [0.5, 0.6) is 0 Å². The molecule has 0 radical (unpaired) electrons. The molecule has 22 heavy (non-hydrogen) atoms. The number of rotatable bonds is 3. The minimum absolute atomic E-state index is 0.109. The molecule has 112 valence electrons. The predicted octanol–water partition coefficient (Wildman–Crippen LogP) is 3.04. The fraction of sp³-hybridized carbons (Fsp3) is 0.235. The van der Waals surface area contributed by atoms with E-state index in [2.05, 4.69) is 9.97 Å². The van der Waals surface area contributed by atoms with Crippen LogP contribution in [0.25, 0.3) is 10.9 Å². The molecule has 3 aromatic rings. The summed E-state index contributed by atoms with van der Waals surface area (Å²) in [5, 5.41) is 0.298. The third kappa shape index (κ3) is 2.62. The molecule has 1 aromatic carbocycles. The quantitative estimate of drug-likeness (QED) is 0.746. The lowest BCUT2D eigenvalue weighted by Gasteiger charge is -2.15. The Morgan fingerprint density at radius 3 is 2.77 bits per heavy atom. The highest BCUT2D eigenvalue weighted by molar-refractivity contribution is 5.77. The summed E-state index contributed by atoms with van der Waals surface area (Å²) in [6.45, 7) is 3.86. The molecular formula is C17H16FN3O. The summed E-state index contributed by atoms with van der Waals surface area (Å²) in [6, 6.07) is 10.1. The minimum Gasteiger partial charge on any atom is -0.295 e. The Hall–Kier alpha value is -2.56. The van der Waals surface area contributed by atoms with Crippen LogP contribution in [0.4, 0.5) is 4.39 Å². The van der Waals surface area contributed by atoms with Gasteiger partial charge in [-0.2, -0.15) is 0 Å². The normalized spacial score (nSPS) is 12.5. The van der Waals surface area contributed by atoms with E-state index in [1.807, 2.05) is 32.0 Å². The lowest BCUT2D eigenvalue weighted by atomic mass is 10.1. The second-order valence-corrected chi connectivity index (χ2v) is 5.42. The molecule has 0 spiro atoms. The number of para-hydroxylation sites is 1. The minimum atomic E-state index is -0.477. The van der Waals surface area contributed by atoms with E-state index in [0.717, 1.165) is 11.4 Å². The molecule has 5 heteroatoms. The number of aromatic nitrogens is 3. The van der Waals surface area contributed by atoms with Crippen molar-refractivity contribution in [3.8, 4) is 0 Å². The number of hydrogen-bond donors (Lipinski definition) is 0. The zero-order valence-electron chi connectivity index (χ0n) is 12.5. The largest absolute Gasteiger partial charge is 0.295 e. The summed E-state index contributed by atoms with van der Waals surface area (Å²) in [7, 11) is 0. The first-order valence-corrected chi connectivity index (χ1v) is 7.14. The van der Waals surface area contributed by atoms with Crippen LogP contribution in [0, 0.1) is 12.7 Å². The second kappa shape index (κ2) is 5.67. The molecule has 0 saturated heterocycles. The highest BCUT2D eigenvalue weighted by atomic mass is 19.1. The number of halogens is 1. The van der Waals surface area contributed by atoms with E-state index >= 15 is 0 Å². The summed E-state index contributed by atoms with van der Waals surface area (Å²) >= 11 is 0. The Morgan fingerprint density at radius 1 is 1.23 bits per heavy atom. The molecule has 0 saturated carbocycles. The summed E-state index contributed by atoms with van der Waals surface area (Å²) in [5.74, 6) is -0.477. The second-order valence-electron chi connectivity index (χ2n) is 5.42. The number of nitrogens with zero attached hydrogens (tertiary/aromatic N) is 3. The Kier molecular flexibility index (Phi) is 3.71. The molecule has 3 rings (SSSR count). The van der Waals surface area contributed by atoms with Gasteiger partial charge in [-0.05, 0) is 38.1 Å².